The van der Waals surface area contributed by atoms with Gasteiger partial charge in [-0.15, -0.1) is 0 Å². The highest BCUT2D eigenvalue weighted by atomic mass is 19.3. The Kier molecular flexibility index (Phi) is 4.53. The van der Waals surface area contributed by atoms with Crippen LogP contribution in [0.5, 0.6) is 0 Å². The van der Waals surface area contributed by atoms with Crippen LogP contribution < -0.4 is 5.32 Å². The standard InChI is InChI=1S/C15H22F2N2/c1-3-14-9-18-12(2)10-19(14)11-15(16,17)13-7-5-4-6-8-13/h4-8,12,14,18H,3,9-11H2,1-2H3. The predicted molar refractivity (Wildman–Crippen MR) is 73.5 cm³/mol. The van der Waals surface area contributed by atoms with Gasteiger partial charge in [0.15, 0.2) is 0 Å². The Morgan fingerprint density at radius 1 is 1.32 bits per heavy atom. The van der Waals surface area contributed by atoms with Gasteiger partial charge in [0.1, 0.15) is 0 Å². The maximum absolute atomic E-state index is 14.3. The summed E-state index contributed by atoms with van der Waals surface area (Å²) in [5.74, 6) is -2.79. The van der Waals surface area contributed by atoms with E-state index in [1.165, 1.54) is 12.1 Å². The maximum atomic E-state index is 14.3. The molecule has 1 fully saturated rings. The lowest BCUT2D eigenvalue weighted by Crippen LogP contribution is -2.57. The molecule has 1 N–H and O–H groups in total. The Balaban J connectivity index is 2.09. The number of nitrogens with zero attached hydrogens (tertiary/aromatic N) is 1. The van der Waals surface area contributed by atoms with Crippen LogP contribution in [0.15, 0.2) is 30.3 Å². The molecule has 2 atom stereocenters. The van der Waals surface area contributed by atoms with E-state index in [0.29, 0.717) is 6.54 Å². The zero-order chi connectivity index (χ0) is 13.9. The van der Waals surface area contributed by atoms with E-state index in [1.54, 1.807) is 18.2 Å². The minimum absolute atomic E-state index is 0.107. The van der Waals surface area contributed by atoms with E-state index in [-0.39, 0.29) is 24.2 Å². The van der Waals surface area contributed by atoms with Gasteiger partial charge >= 0.3 is 0 Å². The van der Waals surface area contributed by atoms with Crippen molar-refractivity contribution in [2.24, 2.45) is 0 Å². The third kappa shape index (κ3) is 3.51. The smallest absolute Gasteiger partial charge is 0.285 e. The quantitative estimate of drug-likeness (QED) is 0.903. The summed E-state index contributed by atoms with van der Waals surface area (Å²) < 4.78 is 28.6. The van der Waals surface area contributed by atoms with Crippen molar-refractivity contribution < 1.29 is 8.78 Å². The van der Waals surface area contributed by atoms with Crippen LogP contribution in [0.1, 0.15) is 25.8 Å². The second-order valence-electron chi connectivity index (χ2n) is 5.37. The summed E-state index contributed by atoms with van der Waals surface area (Å²) in [6.45, 7) is 5.38. The van der Waals surface area contributed by atoms with Crippen molar-refractivity contribution in [1.29, 1.82) is 0 Å². The van der Waals surface area contributed by atoms with Crippen molar-refractivity contribution in [3.05, 3.63) is 35.9 Å². The summed E-state index contributed by atoms with van der Waals surface area (Å²) in [6, 6.07) is 8.59. The fourth-order valence-corrected chi connectivity index (χ4v) is 2.66. The van der Waals surface area contributed by atoms with E-state index in [2.05, 4.69) is 12.2 Å². The molecule has 1 aromatic carbocycles. The normalized spacial score (nSPS) is 25.5. The number of halogens is 2. The van der Waals surface area contributed by atoms with E-state index in [9.17, 15) is 8.78 Å². The Morgan fingerprint density at radius 2 is 2.00 bits per heavy atom. The molecule has 1 aromatic rings. The van der Waals surface area contributed by atoms with Gasteiger partial charge in [-0.3, -0.25) is 4.90 Å². The first-order chi connectivity index (χ1) is 9.03. The third-order valence-corrected chi connectivity index (χ3v) is 3.80. The molecule has 4 heteroatoms. The molecule has 2 unspecified atom stereocenters. The van der Waals surface area contributed by atoms with E-state index in [0.717, 1.165) is 13.0 Å². The number of piperazine rings is 1. The molecule has 0 spiro atoms. The van der Waals surface area contributed by atoms with Crippen molar-refractivity contribution in [3.63, 3.8) is 0 Å². The van der Waals surface area contributed by atoms with Gasteiger partial charge < -0.3 is 5.32 Å². The van der Waals surface area contributed by atoms with Crippen LogP contribution >= 0.6 is 0 Å². The Morgan fingerprint density at radius 3 is 2.63 bits per heavy atom. The lowest BCUT2D eigenvalue weighted by atomic mass is 10.0. The average Bonchev–Trinajstić information content (AvgIpc) is 2.39. The fraction of sp³-hybridized carbons (Fsp3) is 0.600. The molecule has 2 rings (SSSR count). The highest BCUT2D eigenvalue weighted by molar-refractivity contribution is 5.20. The summed E-state index contributed by atoms with van der Waals surface area (Å²) in [5, 5.41) is 3.35. The Labute approximate surface area is 113 Å². The molecule has 0 saturated carbocycles. The fourth-order valence-electron chi connectivity index (χ4n) is 2.66. The van der Waals surface area contributed by atoms with Crippen LogP contribution in [0, 0.1) is 0 Å². The van der Waals surface area contributed by atoms with Gasteiger partial charge in [0.2, 0.25) is 0 Å². The molecule has 2 nitrogen and oxygen atoms in total. The summed E-state index contributed by atoms with van der Waals surface area (Å²) in [5.41, 5.74) is 0.107. The van der Waals surface area contributed by atoms with Crippen molar-refractivity contribution in [2.45, 2.75) is 38.3 Å². The van der Waals surface area contributed by atoms with Gasteiger partial charge in [-0.1, -0.05) is 37.3 Å². The molecule has 19 heavy (non-hydrogen) atoms. The number of benzene rings is 1. The van der Waals surface area contributed by atoms with Crippen LogP contribution in [0.25, 0.3) is 0 Å². The topological polar surface area (TPSA) is 15.3 Å². The highest BCUT2D eigenvalue weighted by Crippen LogP contribution is 2.30. The van der Waals surface area contributed by atoms with Crippen LogP contribution in [-0.2, 0) is 5.92 Å². The van der Waals surface area contributed by atoms with Crippen LogP contribution in [0.3, 0.4) is 0 Å². The van der Waals surface area contributed by atoms with Crippen LogP contribution in [0.2, 0.25) is 0 Å². The van der Waals surface area contributed by atoms with Crippen molar-refractivity contribution in [2.75, 3.05) is 19.6 Å². The van der Waals surface area contributed by atoms with Gasteiger partial charge in [0.25, 0.3) is 5.92 Å². The molecule has 1 heterocycles. The van der Waals surface area contributed by atoms with Crippen LogP contribution in [0.4, 0.5) is 8.78 Å². The van der Waals surface area contributed by atoms with E-state index in [4.69, 9.17) is 0 Å². The molecule has 0 amide bonds. The SMILES string of the molecule is CCC1CNC(C)CN1CC(F)(F)c1ccccc1. The number of hydrogen-bond donors (Lipinski definition) is 1. The molecule has 1 saturated heterocycles. The van der Waals surface area contributed by atoms with Crippen molar-refractivity contribution in [1.82, 2.24) is 10.2 Å². The molecular weight excluding hydrogens is 246 g/mol. The zero-order valence-electron chi connectivity index (χ0n) is 11.6. The molecule has 0 radical (unpaired) electrons. The minimum Gasteiger partial charge on any atom is -0.311 e. The van der Waals surface area contributed by atoms with Crippen molar-refractivity contribution >= 4 is 0 Å². The predicted octanol–water partition coefficient (Wildman–Crippen LogP) is 2.85. The second-order valence-corrected chi connectivity index (χ2v) is 5.37. The first-order valence-electron chi connectivity index (χ1n) is 6.93. The summed E-state index contributed by atoms with van der Waals surface area (Å²) in [7, 11) is 0. The third-order valence-electron chi connectivity index (χ3n) is 3.80. The van der Waals surface area contributed by atoms with Gasteiger partial charge in [0.05, 0.1) is 6.54 Å². The van der Waals surface area contributed by atoms with Crippen LogP contribution in [-0.4, -0.2) is 36.6 Å². The minimum atomic E-state index is -2.79. The van der Waals surface area contributed by atoms with E-state index in [1.807, 2.05) is 11.8 Å². The van der Waals surface area contributed by atoms with E-state index >= 15 is 0 Å². The molecule has 1 aliphatic heterocycles. The number of nitrogens with one attached hydrogen (secondary N) is 1. The second kappa shape index (κ2) is 5.97. The summed E-state index contributed by atoms with van der Waals surface area (Å²) >= 11 is 0. The Hall–Kier alpha value is -1.00. The molecule has 1 aliphatic rings. The largest absolute Gasteiger partial charge is 0.311 e. The number of alkyl halides is 2. The van der Waals surface area contributed by atoms with Gasteiger partial charge in [0, 0.05) is 30.7 Å². The molecule has 0 aliphatic carbocycles. The summed E-state index contributed by atoms with van der Waals surface area (Å²) in [6.07, 6.45) is 0.893. The lowest BCUT2D eigenvalue weighted by Gasteiger charge is -2.40. The van der Waals surface area contributed by atoms with Crippen molar-refractivity contribution in [3.8, 4) is 0 Å². The molecule has 106 valence electrons. The summed E-state index contributed by atoms with van der Waals surface area (Å²) in [4.78, 5) is 1.92. The average molecular weight is 268 g/mol. The highest BCUT2D eigenvalue weighted by Gasteiger charge is 2.37. The van der Waals surface area contributed by atoms with Gasteiger partial charge in [-0.2, -0.15) is 8.78 Å². The number of rotatable bonds is 4. The molecule has 0 bridgehead atoms. The zero-order valence-corrected chi connectivity index (χ0v) is 11.6. The molecule has 0 aromatic heterocycles. The first kappa shape index (κ1) is 14.4. The van der Waals surface area contributed by atoms with Gasteiger partial charge in [-0.05, 0) is 13.3 Å². The Bertz CT molecular complexity index is 394. The monoisotopic (exact) mass is 268 g/mol. The molecular formula is C15H22F2N2. The maximum Gasteiger partial charge on any atom is 0.285 e. The lowest BCUT2D eigenvalue weighted by molar-refractivity contribution is -0.0558. The number of hydrogen-bond acceptors (Lipinski definition) is 2. The van der Waals surface area contributed by atoms with E-state index < -0.39 is 5.92 Å². The van der Waals surface area contributed by atoms with Gasteiger partial charge in [-0.25, -0.2) is 0 Å². The first-order valence-corrected chi connectivity index (χ1v) is 6.93.